The van der Waals surface area contributed by atoms with Crippen LogP contribution < -0.4 is 10.4 Å². The second-order valence-electron chi connectivity index (χ2n) is 9.92. The Hall–Kier alpha value is -3.46. The van der Waals surface area contributed by atoms with Crippen LogP contribution in [-0.2, 0) is 9.53 Å². The number of imidazole rings is 1. The summed E-state index contributed by atoms with van der Waals surface area (Å²) >= 11 is 0. The summed E-state index contributed by atoms with van der Waals surface area (Å²) in [7, 11) is 1.44. The number of H-pyrrole nitrogens is 1. The summed E-state index contributed by atoms with van der Waals surface area (Å²) < 4.78 is 13.1. The number of piperidine rings is 1. The van der Waals surface area contributed by atoms with Gasteiger partial charge >= 0.3 is 5.97 Å². The third-order valence-electron chi connectivity index (χ3n) is 7.52. The summed E-state index contributed by atoms with van der Waals surface area (Å²) in [5, 5.41) is 0. The van der Waals surface area contributed by atoms with Crippen LogP contribution in [0.5, 0.6) is 5.88 Å². The van der Waals surface area contributed by atoms with Crippen LogP contribution in [0.3, 0.4) is 0 Å². The molecular weight excluding hydrogens is 470 g/mol. The van der Waals surface area contributed by atoms with E-state index in [1.54, 1.807) is 18.3 Å². The summed E-state index contributed by atoms with van der Waals surface area (Å²) in [5.74, 6) is 0.00503. The molecule has 0 atom stereocenters. The Kier molecular flexibility index (Phi) is 7.99. The maximum atomic E-state index is 13.0. The van der Waals surface area contributed by atoms with Gasteiger partial charge in [0.2, 0.25) is 11.5 Å². The van der Waals surface area contributed by atoms with Crippen molar-refractivity contribution in [2.24, 2.45) is 10.9 Å². The predicted octanol–water partition coefficient (Wildman–Crippen LogP) is 3.87. The van der Waals surface area contributed by atoms with E-state index in [-0.39, 0.29) is 23.8 Å². The molecule has 9 nitrogen and oxygen atoms in total. The van der Waals surface area contributed by atoms with Gasteiger partial charge in [0.15, 0.2) is 0 Å². The number of ether oxygens (including phenoxy) is 2. The number of hydrogen-bond donors (Lipinski definition) is 1. The molecule has 2 aromatic heterocycles. The van der Waals surface area contributed by atoms with Gasteiger partial charge in [-0.15, -0.1) is 0 Å². The lowest BCUT2D eigenvalue weighted by Crippen LogP contribution is -2.33. The zero-order chi connectivity index (χ0) is 25.6. The maximum absolute atomic E-state index is 13.0. The molecule has 1 amide bonds. The number of pyridine rings is 1. The number of nitrogens with one attached hydrogen (secondary N) is 1. The molecule has 0 spiro atoms. The van der Waals surface area contributed by atoms with Crippen molar-refractivity contribution in [3.05, 3.63) is 53.8 Å². The first-order valence-electron chi connectivity index (χ1n) is 13.3. The number of esters is 1. The van der Waals surface area contributed by atoms with E-state index in [4.69, 9.17) is 9.47 Å². The molecule has 0 unspecified atom stereocenters. The van der Waals surface area contributed by atoms with E-state index in [9.17, 15) is 9.59 Å². The van der Waals surface area contributed by atoms with Gasteiger partial charge < -0.3 is 19.0 Å². The van der Waals surface area contributed by atoms with Gasteiger partial charge in [0.1, 0.15) is 6.61 Å². The van der Waals surface area contributed by atoms with Crippen LogP contribution >= 0.6 is 0 Å². The van der Waals surface area contributed by atoms with Crippen molar-refractivity contribution in [3.63, 3.8) is 0 Å². The summed E-state index contributed by atoms with van der Waals surface area (Å²) in [5.41, 5.74) is 2.70. The number of fused-ring (bicyclic) bond motifs is 1. The minimum Gasteiger partial charge on any atom is -0.476 e. The minimum absolute atomic E-state index is 0.0839. The molecule has 196 valence electrons. The fraction of sp³-hybridized carbons (Fsp3) is 0.500. The van der Waals surface area contributed by atoms with Crippen LogP contribution in [0.25, 0.3) is 11.0 Å². The molecule has 1 saturated carbocycles. The average Bonchev–Trinajstić information content (AvgIpc) is 3.30. The Balaban J connectivity index is 1.43. The lowest BCUT2D eigenvalue weighted by molar-refractivity contribution is -0.146. The highest BCUT2D eigenvalue weighted by molar-refractivity contribution is 5.94. The summed E-state index contributed by atoms with van der Waals surface area (Å²) in [4.78, 5) is 39.7. The quantitative estimate of drug-likeness (QED) is 0.489. The van der Waals surface area contributed by atoms with Crippen LogP contribution in [-0.4, -0.2) is 64.7 Å². The zero-order valence-corrected chi connectivity index (χ0v) is 21.4. The first kappa shape index (κ1) is 25.2. The van der Waals surface area contributed by atoms with E-state index in [1.165, 1.54) is 26.4 Å². The normalized spacial score (nSPS) is 21.2. The van der Waals surface area contributed by atoms with Crippen LogP contribution in [0.15, 0.2) is 47.6 Å². The Labute approximate surface area is 216 Å². The van der Waals surface area contributed by atoms with Crippen molar-refractivity contribution in [2.75, 3.05) is 33.4 Å². The molecule has 5 rings (SSSR count). The number of aromatic amines is 1. The molecule has 3 heterocycles. The highest BCUT2D eigenvalue weighted by Gasteiger charge is 2.29. The number of rotatable bonds is 7. The predicted molar refractivity (Wildman–Crippen MR) is 139 cm³/mol. The van der Waals surface area contributed by atoms with Crippen LogP contribution in [0, 0.1) is 5.92 Å². The maximum Gasteiger partial charge on any atom is 0.308 e. The monoisotopic (exact) mass is 505 g/mol. The van der Waals surface area contributed by atoms with E-state index >= 15 is 0 Å². The number of methoxy groups -OCH3 is 1. The third-order valence-corrected chi connectivity index (χ3v) is 7.52. The summed E-state index contributed by atoms with van der Waals surface area (Å²) in [6.45, 7) is 3.72. The van der Waals surface area contributed by atoms with Gasteiger partial charge in [-0.25, -0.2) is 4.98 Å². The first-order chi connectivity index (χ1) is 18.1. The summed E-state index contributed by atoms with van der Waals surface area (Å²) in [6.07, 6.45) is 8.58. The van der Waals surface area contributed by atoms with Crippen molar-refractivity contribution in [3.8, 4) is 5.88 Å². The molecule has 2 fully saturated rings. The number of amides is 1. The fourth-order valence-corrected chi connectivity index (χ4v) is 5.49. The molecular formula is C28H35N5O4. The highest BCUT2D eigenvalue weighted by Crippen LogP contribution is 2.34. The molecule has 37 heavy (non-hydrogen) atoms. The van der Waals surface area contributed by atoms with Crippen molar-refractivity contribution in [1.29, 1.82) is 0 Å². The molecule has 2 aliphatic rings. The van der Waals surface area contributed by atoms with Gasteiger partial charge in [0.25, 0.3) is 5.91 Å². The van der Waals surface area contributed by atoms with Gasteiger partial charge in [-0.05, 0) is 63.7 Å². The van der Waals surface area contributed by atoms with E-state index in [0.29, 0.717) is 23.7 Å². The Morgan fingerprint density at radius 3 is 2.57 bits per heavy atom. The molecule has 1 aromatic carbocycles. The van der Waals surface area contributed by atoms with Gasteiger partial charge in [0, 0.05) is 24.2 Å². The lowest BCUT2D eigenvalue weighted by atomic mass is 9.86. The third kappa shape index (κ3) is 5.93. The smallest absolute Gasteiger partial charge is 0.308 e. The van der Waals surface area contributed by atoms with Crippen molar-refractivity contribution < 1.29 is 19.1 Å². The Bertz CT molecular complexity index is 1280. The van der Waals surface area contributed by atoms with Gasteiger partial charge in [-0.1, -0.05) is 24.6 Å². The number of benzene rings is 1. The molecule has 1 aliphatic heterocycles. The number of hydrogen-bond acceptors (Lipinski definition) is 6. The van der Waals surface area contributed by atoms with Crippen molar-refractivity contribution in [2.45, 2.75) is 51.0 Å². The fourth-order valence-electron chi connectivity index (χ4n) is 5.49. The SMILES string of the molecule is COC(=O)C1CCC(n2/c(=N/C(=O)c3ccccc3)[nH]c3cnc(OCCN4CCCCC4)cc32)CC1. The second-order valence-corrected chi connectivity index (χ2v) is 9.92. The number of carbonyl (C=O) groups excluding carboxylic acids is 2. The first-order valence-corrected chi connectivity index (χ1v) is 13.3. The molecule has 0 bridgehead atoms. The van der Waals surface area contributed by atoms with Crippen LogP contribution in [0.2, 0.25) is 0 Å². The average molecular weight is 506 g/mol. The van der Waals surface area contributed by atoms with Crippen LogP contribution in [0.1, 0.15) is 61.3 Å². The molecule has 1 saturated heterocycles. The van der Waals surface area contributed by atoms with Gasteiger partial charge in [0.05, 0.1) is 30.3 Å². The van der Waals surface area contributed by atoms with E-state index in [2.05, 4.69) is 24.4 Å². The van der Waals surface area contributed by atoms with E-state index in [1.807, 2.05) is 24.3 Å². The lowest BCUT2D eigenvalue weighted by Gasteiger charge is -2.28. The summed E-state index contributed by atoms with van der Waals surface area (Å²) in [6, 6.07) is 11.1. The number of carbonyl (C=O) groups is 2. The van der Waals surface area contributed by atoms with Crippen molar-refractivity contribution >= 4 is 22.9 Å². The topological polar surface area (TPSA) is 102 Å². The van der Waals surface area contributed by atoms with Crippen molar-refractivity contribution in [1.82, 2.24) is 19.4 Å². The van der Waals surface area contributed by atoms with E-state index in [0.717, 1.165) is 56.4 Å². The molecule has 9 heteroatoms. The standard InChI is InChI=1S/C28H35N5O4/c1-36-27(35)21-10-12-22(13-11-21)33-24-18-25(37-17-16-32-14-6-3-7-15-32)29-19-23(24)30-28(33)31-26(34)20-8-4-2-5-9-20/h2,4-5,8-9,18-19,21-22H,3,6-7,10-17H2,1H3,(H,30,31,34). The molecule has 1 N–H and O–H groups in total. The second kappa shape index (κ2) is 11.7. The zero-order valence-electron chi connectivity index (χ0n) is 21.4. The Morgan fingerprint density at radius 2 is 1.84 bits per heavy atom. The Morgan fingerprint density at radius 1 is 1.08 bits per heavy atom. The van der Waals surface area contributed by atoms with E-state index < -0.39 is 0 Å². The highest BCUT2D eigenvalue weighted by atomic mass is 16.5. The number of aromatic nitrogens is 3. The van der Waals surface area contributed by atoms with Crippen LogP contribution in [0.4, 0.5) is 0 Å². The largest absolute Gasteiger partial charge is 0.476 e. The van der Waals surface area contributed by atoms with Gasteiger partial charge in [-0.3, -0.25) is 14.5 Å². The molecule has 3 aromatic rings. The molecule has 0 radical (unpaired) electrons. The number of nitrogens with zero attached hydrogens (tertiary/aromatic N) is 4. The minimum atomic E-state index is -0.310. The number of likely N-dealkylation sites (tertiary alicyclic amines) is 1. The van der Waals surface area contributed by atoms with Gasteiger partial charge in [-0.2, -0.15) is 4.99 Å². The molecule has 1 aliphatic carbocycles.